The highest BCUT2D eigenvalue weighted by Gasteiger charge is 2.67. The van der Waals surface area contributed by atoms with Crippen LogP contribution in [0.3, 0.4) is 0 Å². The second-order valence-electron chi connectivity index (χ2n) is 9.50. The monoisotopic (exact) mass is 378 g/mol. The number of aliphatic hydroxyl groups excluding tert-OH is 3. The highest BCUT2D eigenvalue weighted by Crippen LogP contribution is 2.67. The van der Waals surface area contributed by atoms with Crippen LogP contribution in [0.5, 0.6) is 0 Å². The lowest BCUT2D eigenvalue weighted by atomic mass is 9.43. The van der Waals surface area contributed by atoms with Crippen molar-refractivity contribution in [1.29, 1.82) is 0 Å². The van der Waals surface area contributed by atoms with Gasteiger partial charge in [-0.1, -0.05) is 13.8 Å². The Labute approximate surface area is 155 Å². The van der Waals surface area contributed by atoms with Crippen LogP contribution in [0, 0.1) is 28.6 Å². The molecule has 0 amide bonds. The average Bonchev–Trinajstić information content (AvgIpc) is 2.79. The van der Waals surface area contributed by atoms with Gasteiger partial charge in [-0.2, -0.15) is 0 Å². The molecule has 0 spiro atoms. The van der Waals surface area contributed by atoms with E-state index in [2.05, 4.69) is 13.8 Å². The average molecular weight is 379 g/mol. The maximum absolute atomic E-state index is 11.3. The van der Waals surface area contributed by atoms with Gasteiger partial charge in [0.05, 0.1) is 23.9 Å². The maximum Gasteiger partial charge on any atom is 0.0985 e. The zero-order chi connectivity index (χ0) is 16.6. The van der Waals surface area contributed by atoms with Gasteiger partial charge in [0.25, 0.3) is 0 Å². The van der Waals surface area contributed by atoms with Gasteiger partial charge >= 0.3 is 0 Å². The van der Waals surface area contributed by atoms with E-state index in [1.54, 1.807) is 0 Å². The van der Waals surface area contributed by atoms with Gasteiger partial charge in [-0.3, -0.25) is 0 Å². The van der Waals surface area contributed by atoms with Gasteiger partial charge in [0.15, 0.2) is 0 Å². The van der Waals surface area contributed by atoms with Crippen molar-refractivity contribution in [2.75, 3.05) is 0 Å². The van der Waals surface area contributed by atoms with Crippen molar-refractivity contribution in [1.82, 2.24) is 0 Å². The molecule has 26 heavy (non-hydrogen) atoms. The summed E-state index contributed by atoms with van der Waals surface area (Å²) in [5, 5.41) is 42.7. The lowest BCUT2D eigenvalue weighted by molar-refractivity contribution is -0.265. The molecule has 0 aromatic heterocycles. The van der Waals surface area contributed by atoms with Crippen LogP contribution in [0.2, 0.25) is 0 Å². The van der Waals surface area contributed by atoms with Gasteiger partial charge in [-0.05, 0) is 68.1 Å². The summed E-state index contributed by atoms with van der Waals surface area (Å²) in [6, 6.07) is 0. The second-order valence-corrected chi connectivity index (χ2v) is 9.50. The molecule has 0 radical (unpaired) electrons. The fraction of sp³-hybridized carbons (Fsp3) is 1.00. The van der Waals surface area contributed by atoms with E-state index in [-0.39, 0.29) is 33.4 Å². The third-order valence-corrected chi connectivity index (χ3v) is 8.78. The summed E-state index contributed by atoms with van der Waals surface area (Å²) >= 11 is 0. The molecule has 4 aliphatic carbocycles. The van der Waals surface area contributed by atoms with Crippen LogP contribution in [0.4, 0.5) is 0 Å². The van der Waals surface area contributed by atoms with Crippen LogP contribution in [0.25, 0.3) is 0 Å². The summed E-state index contributed by atoms with van der Waals surface area (Å²) in [4.78, 5) is 0. The Morgan fingerprint density at radius 3 is 2.08 bits per heavy atom. The third kappa shape index (κ3) is 2.75. The van der Waals surface area contributed by atoms with Gasteiger partial charge < -0.3 is 36.9 Å². The minimum absolute atomic E-state index is 0. The van der Waals surface area contributed by atoms with Crippen molar-refractivity contribution in [3.63, 3.8) is 0 Å². The first-order valence-electron chi connectivity index (χ1n) is 9.49. The first-order chi connectivity index (χ1) is 10.7. The van der Waals surface area contributed by atoms with E-state index in [9.17, 15) is 20.4 Å². The molecule has 0 bridgehead atoms. The molecule has 0 unspecified atom stereocenters. The maximum atomic E-state index is 11.3. The van der Waals surface area contributed by atoms with E-state index >= 15 is 0 Å². The van der Waals surface area contributed by atoms with Crippen molar-refractivity contribution in [3.05, 3.63) is 0 Å². The van der Waals surface area contributed by atoms with E-state index in [1.165, 1.54) is 0 Å². The largest absolute Gasteiger partial charge is 0.412 e. The molecular formula is C19H38O7. The van der Waals surface area contributed by atoms with Crippen molar-refractivity contribution >= 4 is 0 Å². The van der Waals surface area contributed by atoms with E-state index in [0.717, 1.165) is 38.5 Å². The predicted octanol–water partition coefficient (Wildman–Crippen LogP) is -0.638. The Morgan fingerprint density at radius 2 is 1.42 bits per heavy atom. The predicted molar refractivity (Wildman–Crippen MR) is 97.4 cm³/mol. The van der Waals surface area contributed by atoms with Crippen molar-refractivity contribution in [2.45, 2.75) is 89.1 Å². The Hall–Kier alpha value is -0.280. The van der Waals surface area contributed by atoms with Crippen LogP contribution in [0.1, 0.15) is 65.2 Å². The zero-order valence-corrected chi connectivity index (χ0v) is 15.9. The van der Waals surface area contributed by atoms with Gasteiger partial charge in [-0.25, -0.2) is 0 Å². The summed E-state index contributed by atoms with van der Waals surface area (Å²) in [5.74, 6) is 1.24. The van der Waals surface area contributed by atoms with Crippen molar-refractivity contribution in [3.8, 4) is 0 Å². The summed E-state index contributed by atoms with van der Waals surface area (Å²) in [7, 11) is 0. The molecule has 0 heterocycles. The molecule has 9 atom stereocenters. The minimum atomic E-state index is -1.16. The molecular weight excluding hydrogens is 340 g/mol. The third-order valence-electron chi connectivity index (χ3n) is 8.78. The molecule has 156 valence electrons. The standard InChI is InChI=1S/C19H32O4.3H2O/c1-17-7-6-14-12(13(17)3-4-15(17)21)9-16(22)19(23)10-11(20)5-8-18(14,19)2;;;/h11-16,20-23H,3-10H2,1-2H3;3*1H2/t11-,12-,13-,14-,15-,16+,17-,18+,19-;;;/m0.../s1. The first kappa shape index (κ1) is 23.8. The number of fused-ring (bicyclic) bond motifs is 5. The second kappa shape index (κ2) is 7.28. The van der Waals surface area contributed by atoms with Crippen LogP contribution >= 0.6 is 0 Å². The summed E-state index contributed by atoms with van der Waals surface area (Å²) in [6.07, 6.45) is 4.92. The SMILES string of the molecule is C[C@]12CC[C@H]3[C@@H](C[C@@H](O)[C@@]4(O)C[C@@H](O)CC[C@]34C)[C@@H]1CC[C@@H]2O.O.O.O. The molecule has 10 N–H and O–H groups in total. The van der Waals surface area contributed by atoms with E-state index in [4.69, 9.17) is 0 Å². The quantitative estimate of drug-likeness (QED) is 0.439. The minimum Gasteiger partial charge on any atom is -0.412 e. The van der Waals surface area contributed by atoms with Crippen LogP contribution < -0.4 is 0 Å². The number of hydrogen-bond donors (Lipinski definition) is 4. The van der Waals surface area contributed by atoms with Gasteiger partial charge in [0.2, 0.25) is 0 Å². The zero-order valence-electron chi connectivity index (χ0n) is 15.9. The highest BCUT2D eigenvalue weighted by atomic mass is 16.3. The van der Waals surface area contributed by atoms with Gasteiger partial charge in [0.1, 0.15) is 0 Å². The molecule has 4 fully saturated rings. The normalized spacial score (nSPS) is 55.2. The van der Waals surface area contributed by atoms with Crippen LogP contribution in [-0.4, -0.2) is 60.8 Å². The summed E-state index contributed by atoms with van der Waals surface area (Å²) < 4.78 is 0. The fourth-order valence-electron chi connectivity index (χ4n) is 7.23. The van der Waals surface area contributed by atoms with E-state index in [1.807, 2.05) is 0 Å². The van der Waals surface area contributed by atoms with E-state index in [0.29, 0.717) is 30.6 Å². The number of rotatable bonds is 0. The molecule has 4 rings (SSSR count). The summed E-state index contributed by atoms with van der Waals surface area (Å²) in [6.45, 7) is 4.37. The summed E-state index contributed by atoms with van der Waals surface area (Å²) in [5.41, 5.74) is -1.49. The first-order valence-corrected chi connectivity index (χ1v) is 9.49. The fourth-order valence-corrected chi connectivity index (χ4v) is 7.23. The lowest BCUT2D eigenvalue weighted by Gasteiger charge is -2.65. The van der Waals surface area contributed by atoms with Crippen LogP contribution in [0.15, 0.2) is 0 Å². The lowest BCUT2D eigenvalue weighted by Crippen LogP contribution is -2.68. The Bertz CT molecular complexity index is 502. The number of aliphatic hydroxyl groups is 4. The highest BCUT2D eigenvalue weighted by molar-refractivity contribution is 5.17. The molecule has 7 heteroatoms. The number of hydrogen-bond acceptors (Lipinski definition) is 4. The Kier molecular flexibility index (Phi) is 6.65. The molecule has 0 aliphatic heterocycles. The van der Waals surface area contributed by atoms with Crippen molar-refractivity contribution < 1.29 is 36.9 Å². The molecule has 0 aromatic carbocycles. The Morgan fingerprint density at radius 1 is 0.769 bits per heavy atom. The molecule has 4 aliphatic rings. The molecule has 4 saturated carbocycles. The molecule has 0 aromatic rings. The molecule has 7 nitrogen and oxygen atoms in total. The van der Waals surface area contributed by atoms with E-state index < -0.39 is 17.8 Å². The van der Waals surface area contributed by atoms with Gasteiger partial charge in [-0.15, -0.1) is 0 Å². The van der Waals surface area contributed by atoms with Crippen LogP contribution in [-0.2, 0) is 0 Å². The Balaban J connectivity index is 0.00000113. The smallest absolute Gasteiger partial charge is 0.0985 e. The van der Waals surface area contributed by atoms with Gasteiger partial charge in [0, 0.05) is 11.8 Å². The topological polar surface area (TPSA) is 175 Å². The van der Waals surface area contributed by atoms with Crippen molar-refractivity contribution in [2.24, 2.45) is 28.6 Å². The molecule has 0 saturated heterocycles.